The lowest BCUT2D eigenvalue weighted by Crippen LogP contribution is -2.49. The molecule has 1 unspecified atom stereocenters. The summed E-state index contributed by atoms with van der Waals surface area (Å²) in [7, 11) is 0. The van der Waals surface area contributed by atoms with E-state index in [4.69, 9.17) is 0 Å². The fourth-order valence-electron chi connectivity index (χ4n) is 3.15. The van der Waals surface area contributed by atoms with Crippen LogP contribution in [0.15, 0.2) is 53.0 Å². The van der Waals surface area contributed by atoms with Crippen molar-refractivity contribution in [1.82, 2.24) is 10.2 Å². The van der Waals surface area contributed by atoms with Crippen LogP contribution in [0.2, 0.25) is 0 Å². The van der Waals surface area contributed by atoms with Crippen molar-refractivity contribution in [2.24, 2.45) is 0 Å². The second-order valence-corrected chi connectivity index (χ2v) is 7.54. The number of nitrogens with zero attached hydrogens (tertiary/aromatic N) is 2. The Morgan fingerprint density at radius 3 is 2.31 bits per heavy atom. The number of carbonyl (C=O) groups excluding carboxylic acids is 1. The van der Waals surface area contributed by atoms with Crippen molar-refractivity contribution in [1.29, 1.82) is 0 Å². The van der Waals surface area contributed by atoms with Crippen LogP contribution in [0.4, 0.5) is 5.69 Å². The smallest absolute Gasteiger partial charge is 0.234 e. The number of hydrogen-bond acceptors (Lipinski definition) is 4. The van der Waals surface area contributed by atoms with Crippen LogP contribution in [-0.2, 0) is 4.79 Å². The maximum atomic E-state index is 12.3. The monoisotopic (exact) mass is 417 g/mol. The Labute approximate surface area is 162 Å². The maximum absolute atomic E-state index is 12.3. The van der Waals surface area contributed by atoms with E-state index in [2.05, 4.69) is 31.0 Å². The summed E-state index contributed by atoms with van der Waals surface area (Å²) in [5.74, 6) is 0.336. The first-order chi connectivity index (χ1) is 12.5. The minimum Gasteiger partial charge on any atom is -0.508 e. The zero-order chi connectivity index (χ0) is 18.5. The largest absolute Gasteiger partial charge is 0.508 e. The van der Waals surface area contributed by atoms with Crippen LogP contribution >= 0.6 is 15.9 Å². The molecule has 3 rings (SSSR count). The molecule has 0 aliphatic carbocycles. The summed E-state index contributed by atoms with van der Waals surface area (Å²) in [5.41, 5.74) is 2.20. The van der Waals surface area contributed by atoms with Crippen LogP contribution in [0.1, 0.15) is 18.5 Å². The Hall–Kier alpha value is -2.05. The molecule has 1 fully saturated rings. The Morgan fingerprint density at radius 1 is 1.08 bits per heavy atom. The van der Waals surface area contributed by atoms with Crippen LogP contribution in [0.3, 0.4) is 0 Å². The van der Waals surface area contributed by atoms with E-state index >= 15 is 0 Å². The van der Waals surface area contributed by atoms with Gasteiger partial charge in [-0.25, -0.2) is 0 Å². The van der Waals surface area contributed by atoms with Gasteiger partial charge >= 0.3 is 0 Å². The van der Waals surface area contributed by atoms with E-state index in [9.17, 15) is 9.90 Å². The van der Waals surface area contributed by atoms with E-state index in [1.165, 1.54) is 0 Å². The second kappa shape index (κ2) is 8.56. The van der Waals surface area contributed by atoms with Gasteiger partial charge in [0.05, 0.1) is 12.6 Å². The summed E-state index contributed by atoms with van der Waals surface area (Å²) in [6.45, 7) is 5.87. The van der Waals surface area contributed by atoms with E-state index in [-0.39, 0.29) is 17.7 Å². The molecule has 2 aromatic carbocycles. The lowest BCUT2D eigenvalue weighted by molar-refractivity contribution is -0.123. The molecule has 0 radical (unpaired) electrons. The quantitative estimate of drug-likeness (QED) is 0.784. The standard InChI is InChI=1S/C20H24BrN3O2/c1-15(16-2-4-17(21)5-3-16)22-20(26)14-23-10-12-24(13-11-23)18-6-8-19(25)9-7-18/h2-9,15,25H,10-14H2,1H3,(H,22,26). The fraction of sp³-hybridized carbons (Fsp3) is 0.350. The summed E-state index contributed by atoms with van der Waals surface area (Å²) in [6, 6.07) is 15.3. The minimum absolute atomic E-state index is 0.00566. The Morgan fingerprint density at radius 2 is 1.69 bits per heavy atom. The molecular formula is C20H24BrN3O2. The van der Waals surface area contributed by atoms with Crippen LogP contribution < -0.4 is 10.2 Å². The van der Waals surface area contributed by atoms with Gasteiger partial charge < -0.3 is 15.3 Å². The SMILES string of the molecule is CC(NC(=O)CN1CCN(c2ccc(O)cc2)CC1)c1ccc(Br)cc1. The van der Waals surface area contributed by atoms with Gasteiger partial charge in [-0.05, 0) is 48.9 Å². The molecule has 6 heteroatoms. The number of carbonyl (C=O) groups is 1. The number of hydrogen-bond donors (Lipinski definition) is 2. The van der Waals surface area contributed by atoms with Crippen molar-refractivity contribution < 1.29 is 9.90 Å². The highest BCUT2D eigenvalue weighted by atomic mass is 79.9. The molecule has 2 aromatic rings. The van der Waals surface area contributed by atoms with Crippen LogP contribution in [-0.4, -0.2) is 48.6 Å². The summed E-state index contributed by atoms with van der Waals surface area (Å²) >= 11 is 3.43. The molecule has 0 aromatic heterocycles. The van der Waals surface area contributed by atoms with E-state index < -0.39 is 0 Å². The predicted molar refractivity (Wildman–Crippen MR) is 107 cm³/mol. The van der Waals surface area contributed by atoms with Gasteiger partial charge in [0.25, 0.3) is 0 Å². The number of phenolic OH excluding ortho intramolecular Hbond substituents is 1. The Balaban J connectivity index is 1.45. The van der Waals surface area contributed by atoms with Gasteiger partial charge in [-0.3, -0.25) is 9.69 Å². The third-order valence-corrected chi connectivity index (χ3v) is 5.23. The second-order valence-electron chi connectivity index (χ2n) is 6.62. The number of piperazine rings is 1. The van der Waals surface area contributed by atoms with Gasteiger partial charge in [0.2, 0.25) is 5.91 Å². The molecule has 5 nitrogen and oxygen atoms in total. The number of benzene rings is 2. The molecule has 138 valence electrons. The molecule has 26 heavy (non-hydrogen) atoms. The first kappa shape index (κ1) is 18.7. The van der Waals surface area contributed by atoms with Gasteiger partial charge in [-0.1, -0.05) is 28.1 Å². The van der Waals surface area contributed by atoms with Crippen LogP contribution in [0, 0.1) is 0 Å². The predicted octanol–water partition coefficient (Wildman–Crippen LogP) is 3.15. The molecule has 1 aliphatic heterocycles. The van der Waals surface area contributed by atoms with Crippen molar-refractivity contribution >= 4 is 27.5 Å². The highest BCUT2D eigenvalue weighted by molar-refractivity contribution is 9.10. The number of nitrogens with one attached hydrogen (secondary N) is 1. The summed E-state index contributed by atoms with van der Waals surface area (Å²) in [6.07, 6.45) is 0. The summed E-state index contributed by atoms with van der Waals surface area (Å²) < 4.78 is 1.03. The number of rotatable bonds is 5. The van der Waals surface area contributed by atoms with Gasteiger partial charge in [-0.15, -0.1) is 0 Å². The van der Waals surface area contributed by atoms with E-state index in [0.717, 1.165) is 41.9 Å². The maximum Gasteiger partial charge on any atom is 0.234 e. The highest BCUT2D eigenvalue weighted by Crippen LogP contribution is 2.20. The van der Waals surface area contributed by atoms with E-state index in [0.29, 0.717) is 6.54 Å². The van der Waals surface area contributed by atoms with Crippen LogP contribution in [0.25, 0.3) is 0 Å². The van der Waals surface area contributed by atoms with Crippen molar-refractivity contribution in [2.45, 2.75) is 13.0 Å². The Kier molecular flexibility index (Phi) is 6.16. The third-order valence-electron chi connectivity index (χ3n) is 4.70. The average Bonchev–Trinajstić information content (AvgIpc) is 2.63. The van der Waals surface area contributed by atoms with Gasteiger partial charge in [0.15, 0.2) is 0 Å². The van der Waals surface area contributed by atoms with Gasteiger partial charge in [0.1, 0.15) is 5.75 Å². The van der Waals surface area contributed by atoms with E-state index in [1.54, 1.807) is 12.1 Å². The van der Waals surface area contributed by atoms with Crippen LogP contribution in [0.5, 0.6) is 5.75 Å². The number of aromatic hydroxyl groups is 1. The van der Waals surface area contributed by atoms with Crippen molar-refractivity contribution in [2.75, 3.05) is 37.6 Å². The number of anilines is 1. The zero-order valence-electron chi connectivity index (χ0n) is 14.9. The average molecular weight is 418 g/mol. The molecule has 2 N–H and O–H groups in total. The fourth-order valence-corrected chi connectivity index (χ4v) is 3.42. The zero-order valence-corrected chi connectivity index (χ0v) is 16.4. The van der Waals surface area contributed by atoms with E-state index in [1.807, 2.05) is 43.3 Å². The molecule has 0 spiro atoms. The molecule has 0 saturated carbocycles. The summed E-state index contributed by atoms with van der Waals surface area (Å²) in [5, 5.41) is 12.5. The first-order valence-corrected chi connectivity index (χ1v) is 9.62. The molecule has 1 saturated heterocycles. The van der Waals surface area contributed by atoms with Crippen molar-refractivity contribution in [3.05, 3.63) is 58.6 Å². The number of halogens is 1. The lowest BCUT2D eigenvalue weighted by atomic mass is 10.1. The molecule has 1 amide bonds. The van der Waals surface area contributed by atoms with Gasteiger partial charge in [-0.2, -0.15) is 0 Å². The molecule has 1 heterocycles. The molecule has 1 aliphatic rings. The number of amides is 1. The topological polar surface area (TPSA) is 55.8 Å². The molecular weight excluding hydrogens is 394 g/mol. The minimum atomic E-state index is -0.00566. The third kappa shape index (κ3) is 4.99. The first-order valence-electron chi connectivity index (χ1n) is 8.82. The van der Waals surface area contributed by atoms with Crippen molar-refractivity contribution in [3.8, 4) is 5.75 Å². The normalized spacial score (nSPS) is 16.3. The Bertz CT molecular complexity index is 726. The lowest BCUT2D eigenvalue weighted by Gasteiger charge is -2.35. The number of phenols is 1. The molecule has 1 atom stereocenters. The van der Waals surface area contributed by atoms with Gasteiger partial charge in [0, 0.05) is 36.3 Å². The summed E-state index contributed by atoms with van der Waals surface area (Å²) in [4.78, 5) is 16.8. The highest BCUT2D eigenvalue weighted by Gasteiger charge is 2.20. The van der Waals surface area contributed by atoms with Crippen molar-refractivity contribution in [3.63, 3.8) is 0 Å². The molecule has 0 bridgehead atoms.